The molecule has 3 aromatic heterocycles. The van der Waals surface area contributed by atoms with Crippen LogP contribution in [0.5, 0.6) is 11.9 Å². The molecule has 0 spiro atoms. The van der Waals surface area contributed by atoms with Crippen molar-refractivity contribution in [1.82, 2.24) is 25.1 Å². The lowest BCUT2D eigenvalue weighted by atomic mass is 10.1. The van der Waals surface area contributed by atoms with Gasteiger partial charge in [-0.1, -0.05) is 0 Å². The highest BCUT2D eigenvalue weighted by Crippen LogP contribution is 2.29. The molecule has 0 amide bonds. The molecular formula is C14H13N5O2. The molecule has 0 radical (unpaired) electrons. The van der Waals surface area contributed by atoms with Gasteiger partial charge in [0.1, 0.15) is 0 Å². The molecule has 0 aliphatic carbocycles. The lowest BCUT2D eigenvalue weighted by molar-refractivity contribution is 0.353. The van der Waals surface area contributed by atoms with Crippen molar-refractivity contribution in [2.24, 2.45) is 0 Å². The summed E-state index contributed by atoms with van der Waals surface area (Å²) in [4.78, 5) is 12.3. The minimum Gasteiger partial charge on any atom is -0.480 e. The highest BCUT2D eigenvalue weighted by molar-refractivity contribution is 5.70. The Bertz CT molecular complexity index is 742. The molecule has 0 unspecified atom stereocenters. The van der Waals surface area contributed by atoms with Crippen LogP contribution in [0.15, 0.2) is 36.8 Å². The molecule has 0 aliphatic rings. The molecule has 7 nitrogen and oxygen atoms in total. The van der Waals surface area contributed by atoms with Crippen molar-refractivity contribution < 1.29 is 9.47 Å². The summed E-state index contributed by atoms with van der Waals surface area (Å²) in [6.07, 6.45) is 5.10. The first-order valence-electron chi connectivity index (χ1n) is 6.23. The number of nitrogens with zero attached hydrogens (tertiary/aromatic N) is 4. The van der Waals surface area contributed by atoms with E-state index in [1.807, 2.05) is 18.2 Å². The smallest absolute Gasteiger partial charge is 0.319 e. The first-order valence-corrected chi connectivity index (χ1v) is 6.23. The summed E-state index contributed by atoms with van der Waals surface area (Å²) in [6.45, 7) is 0. The average Bonchev–Trinajstić information content (AvgIpc) is 3.04. The van der Waals surface area contributed by atoms with Crippen LogP contribution in [0, 0.1) is 0 Å². The third kappa shape index (κ3) is 2.53. The van der Waals surface area contributed by atoms with E-state index < -0.39 is 0 Å². The third-order valence-corrected chi connectivity index (χ3v) is 2.93. The summed E-state index contributed by atoms with van der Waals surface area (Å²) in [6, 6.07) is 5.95. The molecule has 1 N–H and O–H groups in total. The van der Waals surface area contributed by atoms with Crippen molar-refractivity contribution in [2.45, 2.75) is 0 Å². The summed E-state index contributed by atoms with van der Waals surface area (Å²) in [7, 11) is 3.05. The van der Waals surface area contributed by atoms with Crippen molar-refractivity contribution in [3.63, 3.8) is 0 Å². The van der Waals surface area contributed by atoms with Gasteiger partial charge in [0.25, 0.3) is 0 Å². The standard InChI is InChI=1S/C14H13N5O2/c1-20-13-10(8-16-14(17-13)21-2)12-6-11(18-19-12)9-4-3-5-15-7-9/h3-8H,1-2H3,(H,18,19). The molecule has 0 atom stereocenters. The maximum Gasteiger partial charge on any atom is 0.319 e. The van der Waals surface area contributed by atoms with Crippen LogP contribution in [-0.2, 0) is 0 Å². The average molecular weight is 283 g/mol. The SMILES string of the molecule is COc1ncc(-c2cc(-c3cccnc3)n[nH]2)c(OC)n1. The van der Waals surface area contributed by atoms with Crippen molar-refractivity contribution in [3.05, 3.63) is 36.8 Å². The Hall–Kier alpha value is -2.96. The summed E-state index contributed by atoms with van der Waals surface area (Å²) in [5.74, 6) is 0.420. The van der Waals surface area contributed by atoms with Crippen molar-refractivity contribution >= 4 is 0 Å². The Balaban J connectivity index is 2.00. The monoisotopic (exact) mass is 283 g/mol. The van der Waals surface area contributed by atoms with Gasteiger partial charge in [0.05, 0.1) is 31.2 Å². The van der Waals surface area contributed by atoms with E-state index >= 15 is 0 Å². The van der Waals surface area contributed by atoms with Crippen molar-refractivity contribution in [2.75, 3.05) is 14.2 Å². The molecule has 0 aliphatic heterocycles. The van der Waals surface area contributed by atoms with E-state index in [-0.39, 0.29) is 6.01 Å². The second kappa shape index (κ2) is 5.58. The maximum absolute atomic E-state index is 5.27. The van der Waals surface area contributed by atoms with E-state index in [1.165, 1.54) is 7.11 Å². The molecule has 3 rings (SSSR count). The topological polar surface area (TPSA) is 85.8 Å². The van der Waals surface area contributed by atoms with Gasteiger partial charge in [0.2, 0.25) is 5.88 Å². The van der Waals surface area contributed by atoms with Crippen LogP contribution in [0.2, 0.25) is 0 Å². The first-order chi connectivity index (χ1) is 10.3. The number of aromatic nitrogens is 5. The summed E-state index contributed by atoms with van der Waals surface area (Å²) in [5.41, 5.74) is 3.18. The van der Waals surface area contributed by atoms with Gasteiger partial charge in [-0.2, -0.15) is 10.1 Å². The maximum atomic E-state index is 5.27. The van der Waals surface area contributed by atoms with Crippen molar-refractivity contribution in [3.8, 4) is 34.4 Å². The minimum absolute atomic E-state index is 0.252. The second-order valence-corrected chi connectivity index (χ2v) is 4.19. The number of aromatic amines is 1. The van der Waals surface area contributed by atoms with Crippen LogP contribution in [0.25, 0.3) is 22.5 Å². The minimum atomic E-state index is 0.252. The highest BCUT2D eigenvalue weighted by atomic mass is 16.5. The molecule has 0 bridgehead atoms. The number of H-pyrrole nitrogens is 1. The normalized spacial score (nSPS) is 10.4. The van der Waals surface area contributed by atoms with Gasteiger partial charge in [0.15, 0.2) is 0 Å². The zero-order valence-electron chi connectivity index (χ0n) is 11.6. The zero-order valence-corrected chi connectivity index (χ0v) is 11.6. The largest absolute Gasteiger partial charge is 0.480 e. The Labute approximate surface area is 121 Å². The summed E-state index contributed by atoms with van der Waals surface area (Å²) < 4.78 is 10.3. The molecule has 106 valence electrons. The first kappa shape index (κ1) is 13.0. The van der Waals surface area contributed by atoms with Gasteiger partial charge >= 0.3 is 6.01 Å². The van der Waals surface area contributed by atoms with Crippen LogP contribution in [0.1, 0.15) is 0 Å². The fourth-order valence-electron chi connectivity index (χ4n) is 1.91. The van der Waals surface area contributed by atoms with E-state index in [9.17, 15) is 0 Å². The van der Waals surface area contributed by atoms with Gasteiger partial charge in [-0.05, 0) is 18.2 Å². The molecule has 0 aromatic carbocycles. The van der Waals surface area contributed by atoms with Gasteiger partial charge in [-0.15, -0.1) is 0 Å². The number of ether oxygens (including phenoxy) is 2. The van der Waals surface area contributed by atoms with E-state index in [2.05, 4.69) is 25.1 Å². The molecule has 0 fully saturated rings. The number of rotatable bonds is 4. The van der Waals surface area contributed by atoms with Crippen LogP contribution in [0.3, 0.4) is 0 Å². The lowest BCUT2D eigenvalue weighted by Crippen LogP contribution is -1.97. The zero-order chi connectivity index (χ0) is 14.7. The van der Waals surface area contributed by atoms with Gasteiger partial charge < -0.3 is 9.47 Å². The molecule has 3 aromatic rings. The van der Waals surface area contributed by atoms with E-state index in [0.717, 1.165) is 17.0 Å². The van der Waals surface area contributed by atoms with E-state index in [4.69, 9.17) is 9.47 Å². The molecule has 3 heterocycles. The Kier molecular flexibility index (Phi) is 3.46. The molecule has 7 heteroatoms. The Morgan fingerprint density at radius 2 is 2.05 bits per heavy atom. The summed E-state index contributed by atoms with van der Waals surface area (Å²) in [5, 5.41) is 7.23. The lowest BCUT2D eigenvalue weighted by Gasteiger charge is -2.06. The van der Waals surface area contributed by atoms with E-state index in [1.54, 1.807) is 25.7 Å². The molecule has 0 saturated heterocycles. The Morgan fingerprint density at radius 1 is 1.14 bits per heavy atom. The number of nitrogens with one attached hydrogen (secondary N) is 1. The quantitative estimate of drug-likeness (QED) is 0.787. The molecule has 21 heavy (non-hydrogen) atoms. The second-order valence-electron chi connectivity index (χ2n) is 4.19. The molecular weight excluding hydrogens is 270 g/mol. The van der Waals surface area contributed by atoms with Crippen LogP contribution in [0.4, 0.5) is 0 Å². The van der Waals surface area contributed by atoms with E-state index in [0.29, 0.717) is 11.4 Å². The molecule has 0 saturated carbocycles. The number of methoxy groups -OCH3 is 2. The number of hydrogen-bond acceptors (Lipinski definition) is 6. The van der Waals surface area contributed by atoms with Crippen LogP contribution < -0.4 is 9.47 Å². The fraction of sp³-hybridized carbons (Fsp3) is 0.143. The van der Waals surface area contributed by atoms with Crippen molar-refractivity contribution in [1.29, 1.82) is 0 Å². The predicted octanol–water partition coefficient (Wildman–Crippen LogP) is 1.95. The van der Waals surface area contributed by atoms with Gasteiger partial charge in [-0.25, -0.2) is 4.98 Å². The highest BCUT2D eigenvalue weighted by Gasteiger charge is 2.13. The fourth-order valence-corrected chi connectivity index (χ4v) is 1.91. The number of hydrogen-bond donors (Lipinski definition) is 1. The Morgan fingerprint density at radius 3 is 2.76 bits per heavy atom. The van der Waals surface area contributed by atoms with Gasteiger partial charge in [-0.3, -0.25) is 10.1 Å². The summed E-state index contributed by atoms with van der Waals surface area (Å²) >= 11 is 0. The number of pyridine rings is 1. The predicted molar refractivity (Wildman–Crippen MR) is 75.9 cm³/mol. The van der Waals surface area contributed by atoms with Gasteiger partial charge in [0, 0.05) is 24.2 Å². The van der Waals surface area contributed by atoms with Crippen LogP contribution in [-0.4, -0.2) is 39.4 Å². The third-order valence-electron chi connectivity index (χ3n) is 2.93. The van der Waals surface area contributed by atoms with Crippen LogP contribution >= 0.6 is 0 Å².